The normalized spacial score (nSPS) is 16.1. The summed E-state index contributed by atoms with van der Waals surface area (Å²) in [6.07, 6.45) is 0. The van der Waals surface area contributed by atoms with E-state index in [1.165, 1.54) is 21.4 Å². The van der Waals surface area contributed by atoms with Crippen LogP contribution in [0.5, 0.6) is 11.5 Å². The number of piperazine rings is 1. The zero-order valence-electron chi connectivity index (χ0n) is 18.0. The van der Waals surface area contributed by atoms with E-state index in [1.54, 1.807) is 16.2 Å². The van der Waals surface area contributed by atoms with Crippen LogP contribution in [0.15, 0.2) is 54.6 Å². The van der Waals surface area contributed by atoms with E-state index in [0.29, 0.717) is 6.79 Å². The van der Waals surface area contributed by atoms with E-state index in [2.05, 4.69) is 53.4 Å². The van der Waals surface area contributed by atoms with Crippen molar-refractivity contribution in [2.24, 2.45) is 0 Å². The summed E-state index contributed by atoms with van der Waals surface area (Å²) in [5, 5.41) is 1.17. The average Bonchev–Trinajstić information content (AvgIpc) is 3.46. The summed E-state index contributed by atoms with van der Waals surface area (Å²) in [4.78, 5) is 15.9. The van der Waals surface area contributed by atoms with Crippen molar-refractivity contribution in [3.8, 4) is 21.9 Å². The van der Waals surface area contributed by atoms with Crippen LogP contribution < -0.4 is 19.3 Å². The zero-order chi connectivity index (χ0) is 21.5. The van der Waals surface area contributed by atoms with Crippen molar-refractivity contribution in [2.45, 2.75) is 13.5 Å². The van der Waals surface area contributed by atoms with Crippen molar-refractivity contribution in [3.05, 3.63) is 66.0 Å². The van der Waals surface area contributed by atoms with E-state index in [9.17, 15) is 0 Å². The maximum absolute atomic E-state index is 5.54. The molecular weight excluding hydrogens is 420 g/mol. The standard InChI is InChI=1S/C25H24N4O2S/c1-17-26-24(20-14-23(32-25(20)27-17)19-5-3-2-4-6-19)29-11-9-28(10-12-29)15-18-7-8-21-22(13-18)31-16-30-21/h2-8,13-14H,9-12,15-16H2,1H3/p+1. The van der Waals surface area contributed by atoms with Crippen molar-refractivity contribution in [1.29, 1.82) is 0 Å². The second-order valence-electron chi connectivity index (χ2n) is 8.39. The number of aromatic nitrogens is 2. The first-order valence-corrected chi connectivity index (χ1v) is 11.9. The molecule has 4 heterocycles. The van der Waals surface area contributed by atoms with Gasteiger partial charge >= 0.3 is 0 Å². The lowest BCUT2D eigenvalue weighted by atomic mass is 10.1. The molecule has 0 aliphatic carbocycles. The molecule has 7 heteroatoms. The van der Waals surface area contributed by atoms with Gasteiger partial charge in [0.25, 0.3) is 0 Å². The Morgan fingerprint density at radius 1 is 0.969 bits per heavy atom. The first kappa shape index (κ1) is 19.5. The largest absolute Gasteiger partial charge is 0.454 e. The van der Waals surface area contributed by atoms with Crippen molar-refractivity contribution in [3.63, 3.8) is 0 Å². The average molecular weight is 446 g/mol. The second-order valence-corrected chi connectivity index (χ2v) is 9.42. The molecule has 6 rings (SSSR count). The van der Waals surface area contributed by atoms with Crippen LogP contribution in [0.1, 0.15) is 11.4 Å². The third-order valence-corrected chi connectivity index (χ3v) is 7.28. The smallest absolute Gasteiger partial charge is 0.231 e. The Labute approximate surface area is 191 Å². The molecule has 1 saturated heterocycles. The predicted molar refractivity (Wildman–Crippen MR) is 127 cm³/mol. The Hall–Kier alpha value is -3.16. The molecule has 0 amide bonds. The van der Waals surface area contributed by atoms with Gasteiger partial charge in [-0.2, -0.15) is 0 Å². The number of rotatable bonds is 4. The van der Waals surface area contributed by atoms with Gasteiger partial charge in [-0.05, 0) is 36.8 Å². The summed E-state index contributed by atoms with van der Waals surface area (Å²) < 4.78 is 11.0. The maximum Gasteiger partial charge on any atom is 0.231 e. The SMILES string of the molecule is Cc1nc(N2CC[NH+](Cc3ccc4c(c3)OCO4)CC2)c2cc(-c3ccccc3)sc2n1. The Kier molecular flexibility index (Phi) is 4.92. The fourth-order valence-electron chi connectivity index (χ4n) is 4.55. The Morgan fingerprint density at radius 2 is 1.78 bits per heavy atom. The molecule has 0 spiro atoms. The number of hydrogen-bond donors (Lipinski definition) is 1. The van der Waals surface area contributed by atoms with Crippen LogP contribution in [0.2, 0.25) is 0 Å². The first-order chi connectivity index (χ1) is 15.7. The zero-order valence-corrected chi connectivity index (χ0v) is 18.8. The number of hydrogen-bond acceptors (Lipinski definition) is 6. The van der Waals surface area contributed by atoms with Crippen molar-refractivity contribution in [1.82, 2.24) is 9.97 Å². The lowest BCUT2D eigenvalue weighted by Gasteiger charge is -2.33. The summed E-state index contributed by atoms with van der Waals surface area (Å²) in [6.45, 7) is 7.45. The third-order valence-electron chi connectivity index (χ3n) is 6.20. The summed E-state index contributed by atoms with van der Waals surface area (Å²) in [5.41, 5.74) is 2.53. The number of benzene rings is 2. The van der Waals surface area contributed by atoms with Gasteiger partial charge in [0.15, 0.2) is 11.5 Å². The quantitative estimate of drug-likeness (QED) is 0.522. The number of fused-ring (bicyclic) bond motifs is 2. The van der Waals surface area contributed by atoms with Gasteiger partial charge in [0.1, 0.15) is 23.0 Å². The summed E-state index contributed by atoms with van der Waals surface area (Å²) in [6, 6.07) is 19.1. The molecule has 2 aliphatic heterocycles. The van der Waals surface area contributed by atoms with Gasteiger partial charge in [-0.15, -0.1) is 11.3 Å². The topological polar surface area (TPSA) is 51.9 Å². The number of nitrogens with zero attached hydrogens (tertiary/aromatic N) is 3. The van der Waals surface area contributed by atoms with E-state index in [0.717, 1.165) is 60.7 Å². The monoisotopic (exact) mass is 445 g/mol. The van der Waals surface area contributed by atoms with Crippen molar-refractivity contribution >= 4 is 27.4 Å². The molecule has 0 unspecified atom stereocenters. The minimum Gasteiger partial charge on any atom is -0.454 e. The molecular formula is C25H25N4O2S+. The molecule has 4 aromatic rings. The Balaban J connectivity index is 1.20. The predicted octanol–water partition coefficient (Wildman–Crippen LogP) is 3.30. The van der Waals surface area contributed by atoms with Gasteiger partial charge in [-0.1, -0.05) is 30.3 Å². The molecule has 1 N–H and O–H groups in total. The van der Waals surface area contributed by atoms with Crippen LogP contribution in [0.3, 0.4) is 0 Å². The van der Waals surface area contributed by atoms with Crippen molar-refractivity contribution < 1.29 is 14.4 Å². The molecule has 0 atom stereocenters. The number of anilines is 1. The van der Waals surface area contributed by atoms with Crippen molar-refractivity contribution in [2.75, 3.05) is 37.9 Å². The van der Waals surface area contributed by atoms with Crippen LogP contribution in [0, 0.1) is 6.92 Å². The van der Waals surface area contributed by atoms with E-state index >= 15 is 0 Å². The van der Waals surface area contributed by atoms with Gasteiger partial charge in [0, 0.05) is 10.4 Å². The Morgan fingerprint density at radius 3 is 2.62 bits per heavy atom. The van der Waals surface area contributed by atoms with Gasteiger partial charge in [-0.3, -0.25) is 0 Å². The molecule has 2 aromatic carbocycles. The molecule has 1 fully saturated rings. The fourth-order valence-corrected chi connectivity index (χ4v) is 5.62. The third kappa shape index (κ3) is 3.67. The van der Waals surface area contributed by atoms with Gasteiger partial charge in [0.05, 0.1) is 31.6 Å². The lowest BCUT2D eigenvalue weighted by molar-refractivity contribution is -0.914. The molecule has 2 aromatic heterocycles. The molecule has 0 radical (unpaired) electrons. The molecule has 6 nitrogen and oxygen atoms in total. The van der Waals surface area contributed by atoms with Gasteiger partial charge in [-0.25, -0.2) is 9.97 Å². The minimum absolute atomic E-state index is 0.325. The van der Waals surface area contributed by atoms with E-state index in [-0.39, 0.29) is 0 Å². The first-order valence-electron chi connectivity index (χ1n) is 11.0. The van der Waals surface area contributed by atoms with Gasteiger partial charge in [0.2, 0.25) is 6.79 Å². The van der Waals surface area contributed by atoms with Gasteiger partial charge < -0.3 is 19.3 Å². The second kappa shape index (κ2) is 8.07. The number of thiophene rings is 1. The number of aryl methyl sites for hydroxylation is 1. The molecule has 2 aliphatic rings. The fraction of sp³-hybridized carbons (Fsp3) is 0.280. The molecule has 162 valence electrons. The highest BCUT2D eigenvalue weighted by Crippen LogP contribution is 2.36. The summed E-state index contributed by atoms with van der Waals surface area (Å²) in [5.74, 6) is 3.63. The molecule has 0 saturated carbocycles. The lowest BCUT2D eigenvalue weighted by Crippen LogP contribution is -3.13. The number of quaternary nitrogens is 1. The summed E-state index contributed by atoms with van der Waals surface area (Å²) >= 11 is 1.75. The maximum atomic E-state index is 5.54. The van der Waals surface area contributed by atoms with Crippen LogP contribution in [0.4, 0.5) is 5.82 Å². The molecule has 0 bridgehead atoms. The number of nitrogens with one attached hydrogen (secondary N) is 1. The highest BCUT2D eigenvalue weighted by molar-refractivity contribution is 7.21. The van der Waals surface area contributed by atoms with Crippen LogP contribution in [-0.4, -0.2) is 42.9 Å². The van der Waals surface area contributed by atoms with Crippen LogP contribution in [0.25, 0.3) is 20.7 Å². The van der Waals surface area contributed by atoms with E-state index < -0.39 is 0 Å². The van der Waals surface area contributed by atoms with E-state index in [1.807, 2.05) is 13.0 Å². The number of ether oxygens (including phenoxy) is 2. The van der Waals surface area contributed by atoms with Crippen LogP contribution in [-0.2, 0) is 6.54 Å². The van der Waals surface area contributed by atoms with E-state index in [4.69, 9.17) is 19.4 Å². The summed E-state index contributed by atoms with van der Waals surface area (Å²) in [7, 11) is 0. The molecule has 32 heavy (non-hydrogen) atoms. The highest BCUT2D eigenvalue weighted by Gasteiger charge is 2.25. The van der Waals surface area contributed by atoms with Crippen LogP contribution >= 0.6 is 11.3 Å². The Bertz CT molecular complexity index is 1270. The highest BCUT2D eigenvalue weighted by atomic mass is 32.1. The minimum atomic E-state index is 0.325.